The minimum Gasteiger partial charge on any atom is -0.195 e. The van der Waals surface area contributed by atoms with Crippen LogP contribution in [0.4, 0.5) is 0 Å². The van der Waals surface area contributed by atoms with Crippen LogP contribution < -0.4 is 54.3 Å². The minimum absolute atomic E-state index is 1.16. The third-order valence-electron chi connectivity index (χ3n) is 16.6. The van der Waals surface area contributed by atoms with E-state index < -0.39 is 19.6 Å². The van der Waals surface area contributed by atoms with Crippen LogP contribution in [0.15, 0.2) is 364 Å². The topological polar surface area (TPSA) is 0 Å². The number of hydrogen-bond donors (Lipinski definition) is 0. The normalized spacial score (nSPS) is 11.4. The first-order chi connectivity index (χ1) is 39.7. The molecule has 12 aromatic rings. The van der Waals surface area contributed by atoms with Crippen molar-refractivity contribution in [3.63, 3.8) is 0 Å². The van der Waals surface area contributed by atoms with Crippen molar-refractivity contribution < 1.29 is 0 Å². The molecular formula is C77H71B2P-2. The van der Waals surface area contributed by atoms with Crippen LogP contribution in [0.3, 0.4) is 0 Å². The zero-order valence-electron chi connectivity index (χ0n) is 45.8. The Morgan fingerprint density at radius 2 is 0.400 bits per heavy atom. The average molecular weight is 1050 g/mol. The maximum absolute atomic E-state index is 2.37. The van der Waals surface area contributed by atoms with Gasteiger partial charge in [-0.3, -0.25) is 0 Å². The van der Waals surface area contributed by atoms with Crippen molar-refractivity contribution in [1.29, 1.82) is 0 Å². The second-order valence-electron chi connectivity index (χ2n) is 21.2. The summed E-state index contributed by atoms with van der Waals surface area (Å²) in [6.45, 7) is 0. The molecule has 0 heterocycles. The summed E-state index contributed by atoms with van der Waals surface area (Å²) < 4.78 is 0. The van der Waals surface area contributed by atoms with Crippen LogP contribution >= 0.6 is 7.26 Å². The van der Waals surface area contributed by atoms with E-state index in [0.717, 1.165) is 6.16 Å². The summed E-state index contributed by atoms with van der Waals surface area (Å²) in [5.74, 6) is 0. The summed E-state index contributed by atoms with van der Waals surface area (Å²) in [6.07, 6.45) is 3.68. The third kappa shape index (κ3) is 12.5. The molecule has 0 atom stereocenters. The van der Waals surface area contributed by atoms with E-state index in [1.807, 2.05) is 0 Å². The van der Waals surface area contributed by atoms with E-state index in [1.54, 1.807) is 10.6 Å². The van der Waals surface area contributed by atoms with Gasteiger partial charge in [-0.2, -0.15) is 43.7 Å². The first-order valence-corrected chi connectivity index (χ1v) is 31.1. The van der Waals surface area contributed by atoms with Crippen molar-refractivity contribution in [2.24, 2.45) is 0 Å². The molecule has 0 radical (unpaired) electrons. The standard InChI is InChI=1S/C29H31P.2C24H20B/c1-5-15-26(16-6-1)17-13-14-24-30(28-20-9-3-10-21-28,29-22-11-4-12-23-29)25-27-18-7-2-8-19-27;2*1-5-13-21(14-6-1)25(22-15-7-2-8-16-22,23-17-9-3-10-18-23)24-19-11-4-12-20-24/h1-12,15-16,18-23,30H,13-14,17,24-25H2;2*1-20H/q;2*-1. The van der Waals surface area contributed by atoms with E-state index in [1.165, 1.54) is 80.3 Å². The van der Waals surface area contributed by atoms with Gasteiger partial charge in [0.2, 0.25) is 0 Å². The Balaban J connectivity index is 0.000000136. The molecule has 3 heteroatoms. The Kier molecular flexibility index (Phi) is 18.9. The predicted octanol–water partition coefficient (Wildman–Crippen LogP) is 12.7. The summed E-state index contributed by atoms with van der Waals surface area (Å²) in [5, 5.41) is 3.11. The maximum atomic E-state index is 2.37. The molecule has 0 spiro atoms. The number of aryl methyl sites for hydroxylation is 1. The van der Waals surface area contributed by atoms with Crippen LogP contribution in [0, 0.1) is 0 Å². The van der Waals surface area contributed by atoms with Gasteiger partial charge in [0.05, 0.1) is 0 Å². The van der Waals surface area contributed by atoms with Gasteiger partial charge in [-0.15, -0.1) is 0 Å². The summed E-state index contributed by atoms with van der Waals surface area (Å²) in [7, 11) is -1.93. The zero-order chi connectivity index (χ0) is 54.4. The van der Waals surface area contributed by atoms with Crippen LogP contribution in [-0.4, -0.2) is 18.5 Å². The van der Waals surface area contributed by atoms with E-state index in [-0.39, 0.29) is 0 Å². The quantitative estimate of drug-likeness (QED) is 0.0484. The van der Waals surface area contributed by atoms with Gasteiger partial charge in [-0.05, 0) is 0 Å². The minimum atomic E-state index is -1.93. The number of rotatable bonds is 17. The molecule has 0 aliphatic heterocycles. The fourth-order valence-corrected chi connectivity index (χ4v) is 17.8. The van der Waals surface area contributed by atoms with Crippen molar-refractivity contribution >= 4 is 73.9 Å². The Hall–Kier alpha value is -8.80. The van der Waals surface area contributed by atoms with E-state index in [9.17, 15) is 0 Å². The molecule has 0 saturated carbocycles. The van der Waals surface area contributed by atoms with Gasteiger partial charge in [-0.25, -0.2) is 0 Å². The molecule has 0 N–H and O–H groups in total. The molecule has 0 amide bonds. The van der Waals surface area contributed by atoms with Crippen LogP contribution in [0.5, 0.6) is 0 Å². The van der Waals surface area contributed by atoms with Gasteiger partial charge in [0.1, 0.15) is 12.3 Å². The van der Waals surface area contributed by atoms with E-state index in [2.05, 4.69) is 364 Å². The summed E-state index contributed by atoms with van der Waals surface area (Å²) in [5.41, 5.74) is 13.6. The van der Waals surface area contributed by atoms with Gasteiger partial charge in [-0.1, -0.05) is 243 Å². The van der Waals surface area contributed by atoms with Crippen LogP contribution in [0.1, 0.15) is 24.0 Å². The monoisotopic (exact) mass is 1050 g/mol. The number of hydrogen-bond acceptors (Lipinski definition) is 0. The smallest absolute Gasteiger partial charge is 0.108 e. The maximum Gasteiger partial charge on any atom is 0.108 e. The molecule has 0 aliphatic carbocycles. The van der Waals surface area contributed by atoms with Gasteiger partial charge in [0.25, 0.3) is 0 Å². The molecule has 0 bridgehead atoms. The SMILES string of the molecule is c1ccc(CCCC[PH](Cc2ccccc2)(c2ccccc2)c2ccccc2)cc1.c1ccc([B-](c2ccccc2)(c2ccccc2)c2ccccc2)cc1.c1ccc([B-](c2ccccc2)(c2ccccc2)c2ccccc2)cc1. The summed E-state index contributed by atoms with van der Waals surface area (Å²) in [4.78, 5) is 0. The Labute approximate surface area is 477 Å². The predicted molar refractivity (Wildman–Crippen MR) is 355 cm³/mol. The second-order valence-corrected chi connectivity index (χ2v) is 25.4. The van der Waals surface area contributed by atoms with Crippen LogP contribution in [0.2, 0.25) is 0 Å². The largest absolute Gasteiger partial charge is 0.195 e. The number of unbranched alkanes of at least 4 members (excludes halogenated alkanes) is 1. The first kappa shape index (κ1) is 54.6. The fraction of sp³-hybridized carbons (Fsp3) is 0.0649. The van der Waals surface area contributed by atoms with Crippen LogP contribution in [-0.2, 0) is 12.6 Å². The Morgan fingerprint density at radius 3 is 0.637 bits per heavy atom. The molecule has 12 rings (SSSR count). The average Bonchev–Trinajstić information content (AvgIpc) is 3.68. The van der Waals surface area contributed by atoms with Gasteiger partial charge in [0.15, 0.2) is 0 Å². The molecular weight excluding hydrogens is 977 g/mol. The molecule has 0 aromatic heterocycles. The van der Waals surface area contributed by atoms with Crippen molar-refractivity contribution in [2.45, 2.75) is 25.4 Å². The molecule has 0 unspecified atom stereocenters. The van der Waals surface area contributed by atoms with E-state index in [0.29, 0.717) is 0 Å². The molecule has 0 fully saturated rings. The third-order valence-corrected chi connectivity index (χ3v) is 21.7. The second kappa shape index (κ2) is 27.7. The molecule has 0 aliphatic rings. The van der Waals surface area contributed by atoms with Gasteiger partial charge in [0, 0.05) is 0 Å². The zero-order valence-corrected chi connectivity index (χ0v) is 46.8. The molecule has 0 saturated heterocycles. The van der Waals surface area contributed by atoms with Crippen molar-refractivity contribution in [1.82, 2.24) is 0 Å². The molecule has 392 valence electrons. The molecule has 12 aromatic carbocycles. The van der Waals surface area contributed by atoms with Crippen LogP contribution in [0.25, 0.3) is 0 Å². The number of benzene rings is 12. The van der Waals surface area contributed by atoms with Crippen molar-refractivity contribution in [3.8, 4) is 0 Å². The van der Waals surface area contributed by atoms with Gasteiger partial charge >= 0.3 is 182 Å². The van der Waals surface area contributed by atoms with Crippen molar-refractivity contribution in [2.75, 3.05) is 6.16 Å². The fourth-order valence-electron chi connectivity index (χ4n) is 12.9. The van der Waals surface area contributed by atoms with Crippen molar-refractivity contribution in [3.05, 3.63) is 375 Å². The van der Waals surface area contributed by atoms with E-state index >= 15 is 0 Å². The molecule has 80 heavy (non-hydrogen) atoms. The summed E-state index contributed by atoms with van der Waals surface area (Å²) in [6, 6.07) is 132. The summed E-state index contributed by atoms with van der Waals surface area (Å²) >= 11 is 0. The van der Waals surface area contributed by atoms with Gasteiger partial charge < -0.3 is 0 Å². The molecule has 0 nitrogen and oxygen atoms in total. The van der Waals surface area contributed by atoms with E-state index in [4.69, 9.17) is 0 Å². The Bertz CT molecular complexity index is 3090. The first-order valence-electron chi connectivity index (χ1n) is 28.7. The Morgan fingerprint density at radius 1 is 0.200 bits per heavy atom.